The van der Waals surface area contributed by atoms with Crippen LogP contribution in [0.4, 0.5) is 5.95 Å². The molecule has 0 radical (unpaired) electrons. The smallest absolute Gasteiger partial charge is 0.228 e. The summed E-state index contributed by atoms with van der Waals surface area (Å²) >= 11 is 11.3. The molecule has 1 rings (SSSR count). The molecule has 5 nitrogen and oxygen atoms in total. The molecule has 0 amide bonds. The van der Waals surface area contributed by atoms with Crippen molar-refractivity contribution in [3.63, 3.8) is 0 Å². The van der Waals surface area contributed by atoms with Crippen molar-refractivity contribution in [2.75, 3.05) is 19.0 Å². The average Bonchev–Trinajstić information content (AvgIpc) is 1.99. The molecule has 0 atom stereocenters. The zero-order valence-electron chi connectivity index (χ0n) is 8.71. The summed E-state index contributed by atoms with van der Waals surface area (Å²) in [7, 11) is 1.62. The van der Waals surface area contributed by atoms with Gasteiger partial charge in [-0.3, -0.25) is 0 Å². The van der Waals surface area contributed by atoms with Gasteiger partial charge in [-0.2, -0.15) is 15.0 Å². The van der Waals surface area contributed by atoms with Crippen LogP contribution in [0, 0.1) is 0 Å². The highest BCUT2D eigenvalue weighted by atomic mass is 35.5. The lowest BCUT2D eigenvalue weighted by Crippen LogP contribution is -2.36. The molecule has 1 N–H and O–H groups in total. The van der Waals surface area contributed by atoms with Crippen LogP contribution in [0.15, 0.2) is 0 Å². The molecule has 84 valence electrons. The van der Waals surface area contributed by atoms with Gasteiger partial charge in [-0.15, -0.1) is 0 Å². The van der Waals surface area contributed by atoms with E-state index in [1.165, 1.54) is 0 Å². The second-order valence-electron chi connectivity index (χ2n) is 3.64. The summed E-state index contributed by atoms with van der Waals surface area (Å²) in [6.07, 6.45) is 0. The number of nitrogens with one attached hydrogen (secondary N) is 1. The molecule has 0 unspecified atom stereocenters. The molecular formula is C8H12Cl2N4O. The van der Waals surface area contributed by atoms with Crippen molar-refractivity contribution < 1.29 is 4.74 Å². The van der Waals surface area contributed by atoms with Crippen LogP contribution in [-0.2, 0) is 4.74 Å². The average molecular weight is 251 g/mol. The number of aromatic nitrogens is 3. The lowest BCUT2D eigenvalue weighted by atomic mass is 10.1. The lowest BCUT2D eigenvalue weighted by Gasteiger charge is -2.24. The maximum atomic E-state index is 5.64. The Morgan fingerprint density at radius 3 is 2.20 bits per heavy atom. The topological polar surface area (TPSA) is 59.9 Å². The van der Waals surface area contributed by atoms with Crippen LogP contribution < -0.4 is 5.32 Å². The van der Waals surface area contributed by atoms with Gasteiger partial charge < -0.3 is 10.1 Å². The van der Waals surface area contributed by atoms with Crippen molar-refractivity contribution in [3.05, 3.63) is 10.6 Å². The molecule has 1 heterocycles. The molecule has 7 heteroatoms. The summed E-state index contributed by atoms with van der Waals surface area (Å²) in [6.45, 7) is 4.40. The van der Waals surface area contributed by atoms with Gasteiger partial charge in [-0.05, 0) is 37.0 Å². The third-order valence-electron chi connectivity index (χ3n) is 1.54. The second-order valence-corrected chi connectivity index (χ2v) is 4.32. The first kappa shape index (κ1) is 12.4. The predicted molar refractivity (Wildman–Crippen MR) is 59.4 cm³/mol. The Balaban J connectivity index is 2.80. The van der Waals surface area contributed by atoms with Crippen molar-refractivity contribution in [2.45, 2.75) is 19.4 Å². The van der Waals surface area contributed by atoms with Crippen molar-refractivity contribution in [1.29, 1.82) is 0 Å². The number of hydrogen-bond acceptors (Lipinski definition) is 5. The van der Waals surface area contributed by atoms with Crippen molar-refractivity contribution in [1.82, 2.24) is 15.0 Å². The van der Waals surface area contributed by atoms with Gasteiger partial charge in [0.1, 0.15) is 0 Å². The van der Waals surface area contributed by atoms with Gasteiger partial charge in [-0.1, -0.05) is 0 Å². The Kier molecular flexibility index (Phi) is 4.07. The Hall–Kier alpha value is -0.650. The van der Waals surface area contributed by atoms with Crippen LogP contribution in [0.2, 0.25) is 10.6 Å². The minimum atomic E-state index is -0.303. The number of rotatable bonds is 4. The lowest BCUT2D eigenvalue weighted by molar-refractivity contribution is 0.158. The van der Waals surface area contributed by atoms with E-state index in [9.17, 15) is 0 Å². The van der Waals surface area contributed by atoms with E-state index >= 15 is 0 Å². The van der Waals surface area contributed by atoms with Gasteiger partial charge in [0.15, 0.2) is 0 Å². The molecule has 15 heavy (non-hydrogen) atoms. The van der Waals surface area contributed by atoms with E-state index in [1.54, 1.807) is 7.11 Å². The molecule has 0 aromatic carbocycles. The molecular weight excluding hydrogens is 239 g/mol. The molecule has 0 aliphatic carbocycles. The van der Waals surface area contributed by atoms with Crippen LogP contribution in [0.1, 0.15) is 13.8 Å². The third kappa shape index (κ3) is 4.15. The van der Waals surface area contributed by atoms with Crippen LogP contribution in [0.5, 0.6) is 0 Å². The summed E-state index contributed by atoms with van der Waals surface area (Å²) < 4.78 is 5.04. The van der Waals surface area contributed by atoms with Gasteiger partial charge >= 0.3 is 0 Å². The van der Waals surface area contributed by atoms with Gasteiger partial charge in [0.05, 0.1) is 12.1 Å². The molecule has 1 aromatic rings. The molecule has 1 aromatic heterocycles. The van der Waals surface area contributed by atoms with E-state index in [0.29, 0.717) is 12.6 Å². The van der Waals surface area contributed by atoms with E-state index in [4.69, 9.17) is 27.9 Å². The van der Waals surface area contributed by atoms with Crippen molar-refractivity contribution in [3.8, 4) is 0 Å². The second kappa shape index (κ2) is 4.92. The van der Waals surface area contributed by atoms with Crippen molar-refractivity contribution >= 4 is 29.2 Å². The van der Waals surface area contributed by atoms with Crippen molar-refractivity contribution in [2.24, 2.45) is 0 Å². The summed E-state index contributed by atoms with van der Waals surface area (Å²) in [5.41, 5.74) is -0.303. The number of ether oxygens (including phenoxy) is 1. The summed E-state index contributed by atoms with van der Waals surface area (Å²) in [5, 5.41) is 3.17. The zero-order chi connectivity index (χ0) is 11.5. The third-order valence-corrected chi connectivity index (χ3v) is 1.87. The zero-order valence-corrected chi connectivity index (χ0v) is 10.2. The Bertz CT molecular complexity index is 325. The minimum absolute atomic E-state index is 0.0608. The molecule has 0 spiro atoms. The number of methoxy groups -OCH3 is 1. The largest absolute Gasteiger partial charge is 0.382 e. The van der Waals surface area contributed by atoms with Gasteiger partial charge in [-0.25, -0.2) is 0 Å². The normalized spacial score (nSPS) is 11.5. The van der Waals surface area contributed by atoms with Crippen LogP contribution >= 0.6 is 23.2 Å². The number of nitrogens with zero attached hydrogens (tertiary/aromatic N) is 3. The maximum Gasteiger partial charge on any atom is 0.228 e. The summed E-state index contributed by atoms with van der Waals surface area (Å²) in [5.74, 6) is 0.335. The quantitative estimate of drug-likeness (QED) is 0.886. The van der Waals surface area contributed by atoms with E-state index < -0.39 is 0 Å². The fourth-order valence-corrected chi connectivity index (χ4v) is 1.44. The SMILES string of the molecule is COCC(C)(C)Nc1nc(Cl)nc(Cl)n1. The highest BCUT2D eigenvalue weighted by molar-refractivity contribution is 6.31. The molecule has 0 aliphatic heterocycles. The summed E-state index contributed by atoms with van der Waals surface area (Å²) in [6, 6.07) is 0. The molecule has 0 saturated heterocycles. The Labute approximate surface area is 98.2 Å². The van der Waals surface area contributed by atoms with Gasteiger partial charge in [0.25, 0.3) is 0 Å². The first-order valence-corrected chi connectivity index (χ1v) is 5.03. The number of anilines is 1. The highest BCUT2D eigenvalue weighted by Crippen LogP contribution is 2.14. The molecule has 0 fully saturated rings. The fraction of sp³-hybridized carbons (Fsp3) is 0.625. The molecule has 0 saturated carbocycles. The van der Waals surface area contributed by atoms with Gasteiger partial charge in [0, 0.05) is 7.11 Å². The molecule has 0 bridgehead atoms. The maximum absolute atomic E-state index is 5.64. The standard InChI is InChI=1S/C8H12Cl2N4O/c1-8(2,4-15-3)14-7-12-5(9)11-6(10)13-7/h4H2,1-3H3,(H,11,12,13,14). The fourth-order valence-electron chi connectivity index (χ4n) is 1.08. The van der Waals surface area contributed by atoms with Crippen LogP contribution in [0.3, 0.4) is 0 Å². The van der Waals surface area contributed by atoms with E-state index in [-0.39, 0.29) is 16.1 Å². The Morgan fingerprint density at radius 2 is 1.73 bits per heavy atom. The minimum Gasteiger partial charge on any atom is -0.382 e. The number of halogens is 2. The van der Waals surface area contributed by atoms with E-state index in [0.717, 1.165) is 0 Å². The Morgan fingerprint density at radius 1 is 1.20 bits per heavy atom. The summed E-state index contributed by atoms with van der Waals surface area (Å²) in [4.78, 5) is 11.4. The predicted octanol–water partition coefficient (Wildman–Crippen LogP) is 2.02. The van der Waals surface area contributed by atoms with E-state index in [2.05, 4.69) is 20.3 Å². The number of hydrogen-bond donors (Lipinski definition) is 1. The van der Waals surface area contributed by atoms with Gasteiger partial charge in [0.2, 0.25) is 16.5 Å². The van der Waals surface area contributed by atoms with Crippen LogP contribution in [-0.4, -0.2) is 34.2 Å². The first-order valence-electron chi connectivity index (χ1n) is 4.27. The molecule has 0 aliphatic rings. The highest BCUT2D eigenvalue weighted by Gasteiger charge is 2.19. The monoisotopic (exact) mass is 250 g/mol. The van der Waals surface area contributed by atoms with Crippen LogP contribution in [0.25, 0.3) is 0 Å². The first-order chi connectivity index (χ1) is 6.93. The van der Waals surface area contributed by atoms with E-state index in [1.807, 2.05) is 13.8 Å².